The van der Waals surface area contributed by atoms with Crippen molar-refractivity contribution in [2.45, 2.75) is 39.7 Å². The summed E-state index contributed by atoms with van der Waals surface area (Å²) in [5, 5.41) is 25.3. The summed E-state index contributed by atoms with van der Waals surface area (Å²) in [6, 6.07) is 3.61. The minimum Gasteiger partial charge on any atom is -0.508 e. The van der Waals surface area contributed by atoms with E-state index in [9.17, 15) is 14.7 Å². The van der Waals surface area contributed by atoms with Gasteiger partial charge in [0.15, 0.2) is 0 Å². The van der Waals surface area contributed by atoms with E-state index in [1.807, 2.05) is 20.8 Å². The number of hydrogen-bond donors (Lipinski definition) is 4. The number of benzene rings is 1. The van der Waals surface area contributed by atoms with Crippen LogP contribution in [0.4, 0.5) is 0 Å². The van der Waals surface area contributed by atoms with Crippen LogP contribution >= 0.6 is 0 Å². The van der Waals surface area contributed by atoms with E-state index in [1.165, 1.54) is 12.1 Å². The van der Waals surface area contributed by atoms with Crippen LogP contribution < -0.4 is 10.7 Å². The van der Waals surface area contributed by atoms with E-state index in [2.05, 4.69) is 15.8 Å². The van der Waals surface area contributed by atoms with Gasteiger partial charge in [0, 0.05) is 17.3 Å². The number of rotatable bonds is 4. The predicted octanol–water partition coefficient (Wildman–Crippen LogP) is 1.51. The molecule has 2 amide bonds. The molecule has 0 atom stereocenters. The van der Waals surface area contributed by atoms with Crippen LogP contribution in [0, 0.1) is 0 Å². The second kappa shape index (κ2) is 6.93. The Morgan fingerprint density at radius 2 is 1.86 bits per heavy atom. The Balaban J connectivity index is 2.63. The molecule has 1 rings (SSSR count). The van der Waals surface area contributed by atoms with Crippen molar-refractivity contribution in [1.29, 1.82) is 0 Å². The summed E-state index contributed by atoms with van der Waals surface area (Å²) in [5.74, 6) is -1.33. The van der Waals surface area contributed by atoms with Crippen molar-refractivity contribution in [3.05, 3.63) is 23.8 Å². The quantitative estimate of drug-likeness (QED) is 0.499. The van der Waals surface area contributed by atoms with Crippen molar-refractivity contribution in [1.82, 2.24) is 10.7 Å². The lowest BCUT2D eigenvalue weighted by atomic mass is 10.1. The zero-order valence-corrected chi connectivity index (χ0v) is 13.1. The zero-order valence-electron chi connectivity index (χ0n) is 13.1. The van der Waals surface area contributed by atoms with Crippen molar-refractivity contribution in [2.24, 2.45) is 5.10 Å². The van der Waals surface area contributed by atoms with Crippen molar-refractivity contribution in [2.75, 3.05) is 0 Å². The van der Waals surface area contributed by atoms with Crippen LogP contribution in [0.25, 0.3) is 0 Å². The fourth-order valence-corrected chi connectivity index (χ4v) is 1.65. The van der Waals surface area contributed by atoms with Crippen LogP contribution in [-0.2, 0) is 4.79 Å². The lowest BCUT2D eigenvalue weighted by Crippen LogP contribution is -2.41. The molecule has 0 aliphatic rings. The number of aromatic hydroxyl groups is 2. The monoisotopic (exact) mass is 307 g/mol. The van der Waals surface area contributed by atoms with E-state index in [0.29, 0.717) is 5.71 Å². The number of nitrogens with one attached hydrogen (secondary N) is 2. The van der Waals surface area contributed by atoms with Crippen molar-refractivity contribution in [3.63, 3.8) is 0 Å². The molecule has 0 unspecified atom stereocenters. The Morgan fingerprint density at radius 1 is 1.23 bits per heavy atom. The van der Waals surface area contributed by atoms with Gasteiger partial charge in [0.1, 0.15) is 11.5 Å². The molecule has 120 valence electrons. The Labute approximate surface area is 129 Å². The van der Waals surface area contributed by atoms with Gasteiger partial charge in [-0.3, -0.25) is 9.59 Å². The van der Waals surface area contributed by atoms with Gasteiger partial charge >= 0.3 is 0 Å². The molecule has 0 aliphatic carbocycles. The third kappa shape index (κ3) is 5.82. The lowest BCUT2D eigenvalue weighted by molar-refractivity contribution is -0.121. The third-order valence-corrected chi connectivity index (χ3v) is 2.51. The second-order valence-electron chi connectivity index (χ2n) is 5.96. The van der Waals surface area contributed by atoms with Gasteiger partial charge in [-0.25, -0.2) is 5.43 Å². The summed E-state index contributed by atoms with van der Waals surface area (Å²) >= 11 is 0. The van der Waals surface area contributed by atoms with Crippen LogP contribution in [0.15, 0.2) is 23.3 Å². The Morgan fingerprint density at radius 3 is 2.41 bits per heavy atom. The minimum absolute atomic E-state index is 0.0199. The standard InChI is InChI=1S/C15H21N3O4/c1-9(7-13(21)16-15(2,3)4)17-18-14(22)11-6-5-10(19)8-12(11)20/h5-6,8,19-20H,7H2,1-4H3,(H,16,21)(H,18,22)/b17-9+. The highest BCUT2D eigenvalue weighted by Crippen LogP contribution is 2.22. The minimum atomic E-state index is -0.631. The second-order valence-corrected chi connectivity index (χ2v) is 5.96. The number of amides is 2. The first kappa shape index (κ1) is 17.5. The molecule has 4 N–H and O–H groups in total. The molecule has 0 saturated heterocycles. The Bertz CT molecular complexity index is 603. The SMILES string of the molecule is C/C(CC(=O)NC(C)(C)C)=N\NC(=O)c1ccc(O)cc1O. The molecule has 0 fully saturated rings. The summed E-state index contributed by atoms with van der Waals surface area (Å²) in [5.41, 5.74) is 2.32. The van der Waals surface area contributed by atoms with Gasteiger partial charge in [-0.15, -0.1) is 0 Å². The number of nitrogens with zero attached hydrogens (tertiary/aromatic N) is 1. The highest BCUT2D eigenvalue weighted by atomic mass is 16.3. The van der Waals surface area contributed by atoms with E-state index >= 15 is 0 Å². The van der Waals surface area contributed by atoms with Gasteiger partial charge in [-0.05, 0) is 39.8 Å². The van der Waals surface area contributed by atoms with Crippen LogP contribution in [0.2, 0.25) is 0 Å². The van der Waals surface area contributed by atoms with Gasteiger partial charge in [0.25, 0.3) is 5.91 Å². The maximum Gasteiger partial charge on any atom is 0.275 e. The van der Waals surface area contributed by atoms with Gasteiger partial charge in [-0.1, -0.05) is 0 Å². The molecule has 22 heavy (non-hydrogen) atoms. The van der Waals surface area contributed by atoms with Gasteiger partial charge in [0.2, 0.25) is 5.91 Å². The predicted molar refractivity (Wildman–Crippen MR) is 82.9 cm³/mol. The number of hydrazone groups is 1. The van der Waals surface area contributed by atoms with Gasteiger partial charge in [-0.2, -0.15) is 5.10 Å². The first-order chi connectivity index (χ1) is 10.1. The van der Waals surface area contributed by atoms with Gasteiger partial charge < -0.3 is 15.5 Å². The van der Waals surface area contributed by atoms with Crippen LogP contribution in [-0.4, -0.2) is 33.3 Å². The smallest absolute Gasteiger partial charge is 0.275 e. The first-order valence-corrected chi connectivity index (χ1v) is 6.75. The van der Waals surface area contributed by atoms with Crippen LogP contribution in [0.3, 0.4) is 0 Å². The molecule has 0 saturated carbocycles. The highest BCUT2D eigenvalue weighted by molar-refractivity contribution is 6.01. The Hall–Kier alpha value is -2.57. The summed E-state index contributed by atoms with van der Waals surface area (Å²) < 4.78 is 0. The molecule has 7 nitrogen and oxygen atoms in total. The molecule has 0 bridgehead atoms. The van der Waals surface area contributed by atoms with Crippen molar-refractivity contribution < 1.29 is 19.8 Å². The lowest BCUT2D eigenvalue weighted by Gasteiger charge is -2.20. The fourth-order valence-electron chi connectivity index (χ4n) is 1.65. The highest BCUT2D eigenvalue weighted by Gasteiger charge is 2.15. The zero-order chi connectivity index (χ0) is 16.9. The average Bonchev–Trinajstić information content (AvgIpc) is 2.33. The third-order valence-electron chi connectivity index (χ3n) is 2.51. The van der Waals surface area contributed by atoms with E-state index in [4.69, 9.17) is 5.11 Å². The maximum absolute atomic E-state index is 11.8. The molecule has 0 heterocycles. The number of hydrogen-bond acceptors (Lipinski definition) is 5. The largest absolute Gasteiger partial charge is 0.508 e. The summed E-state index contributed by atoms with van der Waals surface area (Å²) in [6.07, 6.45) is 0.0547. The number of phenolic OH excluding ortho intramolecular Hbond substituents is 2. The van der Waals surface area contributed by atoms with E-state index in [0.717, 1.165) is 6.07 Å². The van der Waals surface area contributed by atoms with Gasteiger partial charge in [0.05, 0.1) is 12.0 Å². The first-order valence-electron chi connectivity index (χ1n) is 6.75. The topological polar surface area (TPSA) is 111 Å². The molecule has 1 aromatic carbocycles. The van der Waals surface area contributed by atoms with E-state index in [1.54, 1.807) is 6.92 Å². The fraction of sp³-hybridized carbons (Fsp3) is 0.400. The molecular formula is C15H21N3O4. The molecule has 0 aliphatic heterocycles. The van der Waals surface area contributed by atoms with Crippen LogP contribution in [0.5, 0.6) is 11.5 Å². The molecule has 0 radical (unpaired) electrons. The van der Waals surface area contributed by atoms with Crippen LogP contribution in [0.1, 0.15) is 44.5 Å². The van der Waals surface area contributed by atoms with E-state index < -0.39 is 5.91 Å². The summed E-state index contributed by atoms with van der Waals surface area (Å²) in [6.45, 7) is 7.21. The molecule has 7 heteroatoms. The summed E-state index contributed by atoms with van der Waals surface area (Å²) in [7, 11) is 0. The molecule has 0 spiro atoms. The van der Waals surface area contributed by atoms with Crippen molar-refractivity contribution in [3.8, 4) is 11.5 Å². The number of carbonyl (C=O) groups is 2. The molecule has 1 aromatic rings. The number of carbonyl (C=O) groups excluding carboxylic acids is 2. The molecular weight excluding hydrogens is 286 g/mol. The Kier molecular flexibility index (Phi) is 5.50. The number of phenols is 2. The normalized spacial score (nSPS) is 11.9. The average molecular weight is 307 g/mol. The summed E-state index contributed by atoms with van der Waals surface area (Å²) in [4.78, 5) is 23.5. The van der Waals surface area contributed by atoms with Crippen molar-refractivity contribution >= 4 is 17.5 Å². The molecule has 0 aromatic heterocycles. The van der Waals surface area contributed by atoms with E-state index in [-0.39, 0.29) is 34.9 Å². The maximum atomic E-state index is 11.8.